The summed E-state index contributed by atoms with van der Waals surface area (Å²) in [6.45, 7) is 4.12. The quantitative estimate of drug-likeness (QED) is 0.351. The Balaban J connectivity index is 3.42. The molecular formula is C13H25BrO3. The highest BCUT2D eigenvalue weighted by atomic mass is 79.9. The Kier molecular flexibility index (Phi) is 9.84. The number of halogens is 1. The van der Waals surface area contributed by atoms with Crippen LogP contribution in [0.1, 0.15) is 52.4 Å². The van der Waals surface area contributed by atoms with E-state index in [4.69, 9.17) is 4.74 Å². The summed E-state index contributed by atoms with van der Waals surface area (Å²) in [6, 6.07) is 0. The number of carbonyl (C=O) groups excluding carboxylic acids is 1. The van der Waals surface area contributed by atoms with E-state index in [-0.39, 0.29) is 5.97 Å². The molecule has 4 heteroatoms. The van der Waals surface area contributed by atoms with E-state index in [1.54, 1.807) is 13.8 Å². The van der Waals surface area contributed by atoms with Crippen molar-refractivity contribution in [1.29, 1.82) is 0 Å². The summed E-state index contributed by atoms with van der Waals surface area (Å²) >= 11 is 3.42. The lowest BCUT2D eigenvalue weighted by Crippen LogP contribution is -2.36. The summed E-state index contributed by atoms with van der Waals surface area (Å²) in [7, 11) is 1.39. The molecule has 102 valence electrons. The predicted molar refractivity (Wildman–Crippen MR) is 73.5 cm³/mol. The highest BCUT2D eigenvalue weighted by molar-refractivity contribution is 9.09. The maximum absolute atomic E-state index is 11.3. The number of alkyl halides is 1. The number of unbranched alkanes of at least 4 members (excludes halogenated alkanes) is 5. The molecule has 0 saturated heterocycles. The molecule has 0 saturated carbocycles. The highest BCUT2D eigenvalue weighted by Gasteiger charge is 2.29. The van der Waals surface area contributed by atoms with E-state index >= 15 is 0 Å². The first-order valence-corrected chi connectivity index (χ1v) is 7.45. The van der Waals surface area contributed by atoms with Gasteiger partial charge >= 0.3 is 5.97 Å². The second-order valence-electron chi connectivity index (χ2n) is 4.66. The average molecular weight is 309 g/mol. The largest absolute Gasteiger partial charge is 0.467 e. The first-order chi connectivity index (χ1) is 8.04. The lowest BCUT2D eigenvalue weighted by Gasteiger charge is -2.22. The number of esters is 1. The van der Waals surface area contributed by atoms with Gasteiger partial charge in [-0.2, -0.15) is 0 Å². The van der Waals surface area contributed by atoms with Gasteiger partial charge in [0.1, 0.15) is 0 Å². The zero-order valence-electron chi connectivity index (χ0n) is 11.3. The molecule has 0 aromatic carbocycles. The molecule has 0 aromatic rings. The van der Waals surface area contributed by atoms with Crippen LogP contribution >= 0.6 is 15.9 Å². The van der Waals surface area contributed by atoms with Crippen LogP contribution in [-0.2, 0) is 14.3 Å². The van der Waals surface area contributed by atoms with Gasteiger partial charge in [-0.05, 0) is 26.7 Å². The van der Waals surface area contributed by atoms with Crippen molar-refractivity contribution in [2.45, 2.75) is 58.0 Å². The Hall–Kier alpha value is -0.0900. The van der Waals surface area contributed by atoms with Crippen molar-refractivity contribution in [2.75, 3.05) is 19.0 Å². The molecule has 0 spiro atoms. The number of carbonyl (C=O) groups is 1. The van der Waals surface area contributed by atoms with E-state index in [1.807, 2.05) is 0 Å². The number of rotatable bonds is 10. The summed E-state index contributed by atoms with van der Waals surface area (Å²) < 4.78 is 10.2. The Labute approximate surface area is 113 Å². The van der Waals surface area contributed by atoms with Gasteiger partial charge in [0.25, 0.3) is 0 Å². The molecule has 17 heavy (non-hydrogen) atoms. The van der Waals surface area contributed by atoms with E-state index in [0.717, 1.165) is 11.8 Å². The Morgan fingerprint density at radius 3 is 2.12 bits per heavy atom. The molecular weight excluding hydrogens is 284 g/mol. The van der Waals surface area contributed by atoms with Gasteiger partial charge in [-0.15, -0.1) is 0 Å². The second-order valence-corrected chi connectivity index (χ2v) is 5.45. The first-order valence-electron chi connectivity index (χ1n) is 6.33. The van der Waals surface area contributed by atoms with Gasteiger partial charge in [-0.1, -0.05) is 41.6 Å². The summed E-state index contributed by atoms with van der Waals surface area (Å²) in [4.78, 5) is 11.3. The van der Waals surface area contributed by atoms with E-state index < -0.39 is 5.60 Å². The normalized spacial score (nSPS) is 11.5. The summed E-state index contributed by atoms with van der Waals surface area (Å²) in [5.74, 6) is -0.310. The van der Waals surface area contributed by atoms with Crippen LogP contribution in [0.5, 0.6) is 0 Å². The highest BCUT2D eigenvalue weighted by Crippen LogP contribution is 2.13. The molecule has 0 bridgehead atoms. The van der Waals surface area contributed by atoms with Crippen LogP contribution in [0.4, 0.5) is 0 Å². The third-order valence-corrected chi connectivity index (χ3v) is 3.23. The van der Waals surface area contributed by atoms with Crippen LogP contribution < -0.4 is 0 Å². The van der Waals surface area contributed by atoms with E-state index in [2.05, 4.69) is 20.7 Å². The molecule has 0 unspecified atom stereocenters. The zero-order valence-corrected chi connectivity index (χ0v) is 12.8. The van der Waals surface area contributed by atoms with Crippen LogP contribution in [0.15, 0.2) is 0 Å². The number of hydrogen-bond acceptors (Lipinski definition) is 3. The number of methoxy groups -OCH3 is 1. The van der Waals surface area contributed by atoms with Crippen molar-refractivity contribution >= 4 is 21.9 Å². The smallest absolute Gasteiger partial charge is 0.337 e. The molecule has 0 aliphatic heterocycles. The van der Waals surface area contributed by atoms with E-state index in [1.165, 1.54) is 39.2 Å². The third-order valence-electron chi connectivity index (χ3n) is 2.67. The maximum atomic E-state index is 11.3. The van der Waals surface area contributed by atoms with Crippen LogP contribution in [0.3, 0.4) is 0 Å². The Bertz CT molecular complexity index is 205. The molecule has 0 amide bonds. The SMILES string of the molecule is COC(=O)C(C)(C)OCCCCCCCCBr. The van der Waals surface area contributed by atoms with E-state index in [0.29, 0.717) is 6.61 Å². The summed E-state index contributed by atoms with van der Waals surface area (Å²) in [5.41, 5.74) is -0.815. The van der Waals surface area contributed by atoms with Crippen LogP contribution in [0, 0.1) is 0 Å². The van der Waals surface area contributed by atoms with Gasteiger partial charge in [0.2, 0.25) is 0 Å². The van der Waals surface area contributed by atoms with Crippen molar-refractivity contribution in [3.8, 4) is 0 Å². The lowest BCUT2D eigenvalue weighted by molar-refractivity contribution is -0.165. The van der Waals surface area contributed by atoms with Crippen molar-refractivity contribution in [2.24, 2.45) is 0 Å². The standard InChI is InChI=1S/C13H25BrO3/c1-13(2,12(15)16-3)17-11-9-7-5-4-6-8-10-14/h4-11H2,1-3H3. The van der Waals surface area contributed by atoms with Gasteiger partial charge in [0.15, 0.2) is 5.60 Å². The molecule has 0 aromatic heterocycles. The van der Waals surface area contributed by atoms with Crippen molar-refractivity contribution in [1.82, 2.24) is 0 Å². The van der Waals surface area contributed by atoms with Gasteiger partial charge in [0.05, 0.1) is 7.11 Å². The fraction of sp³-hybridized carbons (Fsp3) is 0.923. The second kappa shape index (κ2) is 9.89. The van der Waals surface area contributed by atoms with Crippen molar-refractivity contribution < 1.29 is 14.3 Å². The Morgan fingerprint density at radius 1 is 1.06 bits per heavy atom. The molecule has 0 aliphatic carbocycles. The minimum absolute atomic E-state index is 0.310. The third kappa shape index (κ3) is 8.61. The predicted octanol–water partition coefficient (Wildman–Crippen LogP) is 3.69. The molecule has 0 rings (SSSR count). The maximum Gasteiger partial charge on any atom is 0.337 e. The molecule has 0 aliphatic rings. The van der Waals surface area contributed by atoms with Crippen LogP contribution in [0.2, 0.25) is 0 Å². The minimum atomic E-state index is -0.815. The van der Waals surface area contributed by atoms with Gasteiger partial charge < -0.3 is 9.47 Å². The lowest BCUT2D eigenvalue weighted by atomic mass is 10.1. The van der Waals surface area contributed by atoms with Gasteiger partial charge in [-0.3, -0.25) is 0 Å². The number of ether oxygens (including phenoxy) is 2. The average Bonchev–Trinajstić information content (AvgIpc) is 2.31. The molecule has 0 N–H and O–H groups in total. The van der Waals surface area contributed by atoms with Gasteiger partial charge in [-0.25, -0.2) is 4.79 Å². The zero-order chi connectivity index (χ0) is 13.1. The van der Waals surface area contributed by atoms with Crippen molar-refractivity contribution in [3.63, 3.8) is 0 Å². The number of hydrogen-bond donors (Lipinski definition) is 0. The molecule has 0 radical (unpaired) electrons. The summed E-state index contributed by atoms with van der Waals surface area (Å²) in [5, 5.41) is 1.10. The first kappa shape index (κ1) is 16.9. The molecule has 0 fully saturated rings. The van der Waals surface area contributed by atoms with Gasteiger partial charge in [0, 0.05) is 11.9 Å². The summed E-state index contributed by atoms with van der Waals surface area (Å²) in [6.07, 6.45) is 7.25. The fourth-order valence-electron chi connectivity index (χ4n) is 1.54. The van der Waals surface area contributed by atoms with Crippen LogP contribution in [-0.4, -0.2) is 30.6 Å². The topological polar surface area (TPSA) is 35.5 Å². The molecule has 0 atom stereocenters. The monoisotopic (exact) mass is 308 g/mol. The Morgan fingerprint density at radius 2 is 1.59 bits per heavy atom. The van der Waals surface area contributed by atoms with E-state index in [9.17, 15) is 4.79 Å². The van der Waals surface area contributed by atoms with Crippen molar-refractivity contribution in [3.05, 3.63) is 0 Å². The minimum Gasteiger partial charge on any atom is -0.467 e. The fourth-order valence-corrected chi connectivity index (χ4v) is 1.93. The van der Waals surface area contributed by atoms with Crippen LogP contribution in [0.25, 0.3) is 0 Å². The molecule has 0 heterocycles. The molecule has 3 nitrogen and oxygen atoms in total.